The average Bonchev–Trinajstić information content (AvgIpc) is 2.15. The zero-order valence-electron chi connectivity index (χ0n) is 8.66. The summed E-state index contributed by atoms with van der Waals surface area (Å²) in [5.74, 6) is 0.240. The van der Waals surface area contributed by atoms with Gasteiger partial charge in [0.05, 0.1) is 5.41 Å². The fourth-order valence-electron chi connectivity index (χ4n) is 4.63. The Bertz CT molecular complexity index is 320. The van der Waals surface area contributed by atoms with Gasteiger partial charge < -0.3 is 5.11 Å². The molecule has 4 rings (SSSR count). The van der Waals surface area contributed by atoms with Gasteiger partial charge in [0.1, 0.15) is 0 Å². The Morgan fingerprint density at radius 2 is 1.80 bits per heavy atom. The average molecular weight is 207 g/mol. The summed E-state index contributed by atoms with van der Waals surface area (Å²) in [6.07, 6.45) is 7.23. The number of carboxylic acid groups (broad SMARTS) is 1. The summed E-state index contributed by atoms with van der Waals surface area (Å²) in [4.78, 5) is 22.5. The number of hydrogen-bond acceptors (Lipinski definition) is 2. The van der Waals surface area contributed by atoms with Crippen LogP contribution in [0.15, 0.2) is 0 Å². The van der Waals surface area contributed by atoms with Crippen LogP contribution in [0.4, 0.5) is 0 Å². The first kappa shape index (κ1) is 9.37. The van der Waals surface area contributed by atoms with Crippen molar-refractivity contribution in [2.24, 2.45) is 22.7 Å². The van der Waals surface area contributed by atoms with Crippen LogP contribution in [0, 0.1) is 22.7 Å². The maximum absolute atomic E-state index is 11.4. The highest BCUT2D eigenvalue weighted by Crippen LogP contribution is 2.64. The fourth-order valence-corrected chi connectivity index (χ4v) is 4.63. The number of carbonyl (C=O) groups is 1. The van der Waals surface area contributed by atoms with Crippen LogP contribution in [0.25, 0.3) is 0 Å². The second-order valence-electron chi connectivity index (χ2n) is 5.93. The normalized spacial score (nSPS) is 51.7. The SMILES string of the molecule is O=[C]C12CC3CC(C1)CC(C(=O)O)(C3)C2. The first-order valence-corrected chi connectivity index (χ1v) is 5.70. The number of carboxylic acids is 1. The van der Waals surface area contributed by atoms with Gasteiger partial charge in [0.15, 0.2) is 0 Å². The van der Waals surface area contributed by atoms with Crippen molar-refractivity contribution in [2.45, 2.75) is 38.5 Å². The molecule has 1 N–H and O–H groups in total. The van der Waals surface area contributed by atoms with Gasteiger partial charge in [-0.25, -0.2) is 0 Å². The Kier molecular flexibility index (Phi) is 1.64. The van der Waals surface area contributed by atoms with Gasteiger partial charge in [-0.1, -0.05) is 0 Å². The third-order valence-corrected chi connectivity index (χ3v) is 4.73. The lowest BCUT2D eigenvalue weighted by Crippen LogP contribution is -2.55. The second-order valence-corrected chi connectivity index (χ2v) is 5.93. The highest BCUT2D eigenvalue weighted by molar-refractivity contribution is 5.77. The molecular weight excluding hydrogens is 192 g/mol. The molecule has 1 radical (unpaired) electrons. The summed E-state index contributed by atoms with van der Waals surface area (Å²) in [6, 6.07) is 0. The maximum atomic E-state index is 11.4. The molecule has 0 aromatic heterocycles. The standard InChI is InChI=1S/C12H15O3/c13-7-11-2-8-1-9(3-11)5-12(4-8,6-11)10(14)15/h8-9H,1-6H2,(H,14,15). The van der Waals surface area contributed by atoms with E-state index in [9.17, 15) is 14.7 Å². The molecule has 2 unspecified atom stereocenters. The Balaban J connectivity index is 2.02. The summed E-state index contributed by atoms with van der Waals surface area (Å²) in [5, 5.41) is 9.36. The lowest BCUT2D eigenvalue weighted by Gasteiger charge is -2.58. The Labute approximate surface area is 88.9 Å². The van der Waals surface area contributed by atoms with E-state index in [2.05, 4.69) is 6.29 Å². The molecule has 4 aliphatic rings. The van der Waals surface area contributed by atoms with Gasteiger partial charge in [0, 0.05) is 5.41 Å². The molecule has 4 fully saturated rings. The third kappa shape index (κ3) is 1.12. The molecule has 15 heavy (non-hydrogen) atoms. The zero-order chi connectivity index (χ0) is 10.7. The van der Waals surface area contributed by atoms with Crippen LogP contribution in [0.5, 0.6) is 0 Å². The van der Waals surface area contributed by atoms with Crippen molar-refractivity contribution in [3.05, 3.63) is 0 Å². The van der Waals surface area contributed by atoms with Crippen molar-refractivity contribution >= 4 is 12.3 Å². The molecule has 0 saturated heterocycles. The number of carbonyl (C=O) groups excluding carboxylic acids is 1. The van der Waals surface area contributed by atoms with E-state index in [1.54, 1.807) is 0 Å². The maximum Gasteiger partial charge on any atom is 0.309 e. The predicted octanol–water partition coefficient (Wildman–Crippen LogP) is 1.77. The quantitative estimate of drug-likeness (QED) is 0.750. The van der Waals surface area contributed by atoms with Gasteiger partial charge in [-0.05, 0) is 50.4 Å². The molecule has 4 saturated carbocycles. The Morgan fingerprint density at radius 3 is 2.27 bits per heavy atom. The van der Waals surface area contributed by atoms with Crippen LogP contribution in [0.3, 0.4) is 0 Å². The van der Waals surface area contributed by atoms with Crippen LogP contribution in [0.1, 0.15) is 38.5 Å². The summed E-state index contributed by atoms with van der Waals surface area (Å²) >= 11 is 0. The van der Waals surface area contributed by atoms with Crippen molar-refractivity contribution in [1.82, 2.24) is 0 Å². The van der Waals surface area contributed by atoms with Crippen LogP contribution >= 0.6 is 0 Å². The first-order chi connectivity index (χ1) is 7.07. The third-order valence-electron chi connectivity index (χ3n) is 4.73. The molecule has 3 nitrogen and oxygen atoms in total. The van der Waals surface area contributed by atoms with Crippen molar-refractivity contribution in [3.63, 3.8) is 0 Å². The largest absolute Gasteiger partial charge is 0.481 e. The fraction of sp³-hybridized carbons (Fsp3) is 0.833. The number of rotatable bonds is 2. The van der Waals surface area contributed by atoms with E-state index in [1.807, 2.05) is 0 Å². The van der Waals surface area contributed by atoms with Crippen molar-refractivity contribution in [1.29, 1.82) is 0 Å². The molecular formula is C12H15O3. The first-order valence-electron chi connectivity index (χ1n) is 5.70. The van der Waals surface area contributed by atoms with E-state index < -0.39 is 16.8 Å². The molecule has 0 aromatic carbocycles. The molecule has 3 heteroatoms. The van der Waals surface area contributed by atoms with E-state index in [4.69, 9.17) is 0 Å². The summed E-state index contributed by atoms with van der Waals surface area (Å²) in [6.45, 7) is 0. The minimum Gasteiger partial charge on any atom is -0.481 e. The molecule has 4 bridgehead atoms. The summed E-state index contributed by atoms with van der Waals surface area (Å²) in [7, 11) is 0. The minimum atomic E-state index is -0.684. The number of aliphatic carboxylic acids is 1. The van der Waals surface area contributed by atoms with Crippen LogP contribution in [-0.2, 0) is 9.59 Å². The molecule has 0 aliphatic heterocycles. The van der Waals surface area contributed by atoms with Crippen LogP contribution < -0.4 is 0 Å². The van der Waals surface area contributed by atoms with E-state index >= 15 is 0 Å². The van der Waals surface area contributed by atoms with Gasteiger partial charge in [-0.3, -0.25) is 9.59 Å². The second kappa shape index (κ2) is 2.63. The van der Waals surface area contributed by atoms with Gasteiger partial charge in [0.25, 0.3) is 0 Å². The van der Waals surface area contributed by atoms with Gasteiger partial charge in [-0.15, -0.1) is 0 Å². The smallest absolute Gasteiger partial charge is 0.309 e. The summed E-state index contributed by atoms with van der Waals surface area (Å²) < 4.78 is 0. The molecule has 81 valence electrons. The van der Waals surface area contributed by atoms with E-state index in [0.717, 1.165) is 32.1 Å². The van der Waals surface area contributed by atoms with Crippen LogP contribution in [0.2, 0.25) is 0 Å². The molecule has 4 aliphatic carbocycles. The van der Waals surface area contributed by atoms with Crippen molar-refractivity contribution in [3.8, 4) is 0 Å². The van der Waals surface area contributed by atoms with Gasteiger partial charge >= 0.3 is 5.97 Å². The molecule has 0 spiro atoms. The van der Waals surface area contributed by atoms with E-state index in [0.29, 0.717) is 18.3 Å². The van der Waals surface area contributed by atoms with Crippen molar-refractivity contribution in [2.75, 3.05) is 0 Å². The van der Waals surface area contributed by atoms with Gasteiger partial charge in [0.2, 0.25) is 6.29 Å². The lowest BCUT2D eigenvalue weighted by atomic mass is 9.44. The van der Waals surface area contributed by atoms with Crippen LogP contribution in [-0.4, -0.2) is 17.4 Å². The molecule has 2 atom stereocenters. The molecule has 0 heterocycles. The topological polar surface area (TPSA) is 54.4 Å². The van der Waals surface area contributed by atoms with Crippen molar-refractivity contribution < 1.29 is 14.7 Å². The highest BCUT2D eigenvalue weighted by Gasteiger charge is 2.61. The zero-order valence-corrected chi connectivity index (χ0v) is 8.66. The predicted molar refractivity (Wildman–Crippen MR) is 52.9 cm³/mol. The highest BCUT2D eigenvalue weighted by atomic mass is 16.4. The number of hydrogen-bond donors (Lipinski definition) is 1. The Morgan fingerprint density at radius 1 is 1.20 bits per heavy atom. The monoisotopic (exact) mass is 207 g/mol. The van der Waals surface area contributed by atoms with E-state index in [-0.39, 0.29) is 0 Å². The lowest BCUT2D eigenvalue weighted by molar-refractivity contribution is -0.168. The molecule has 0 aromatic rings. The Hall–Kier alpha value is -0.860. The van der Waals surface area contributed by atoms with E-state index in [1.165, 1.54) is 0 Å². The summed E-state index contributed by atoms with van der Waals surface area (Å²) in [5.41, 5.74) is -0.982. The van der Waals surface area contributed by atoms with Gasteiger partial charge in [-0.2, -0.15) is 0 Å². The minimum absolute atomic E-state index is 0.400. The molecule has 0 amide bonds.